The van der Waals surface area contributed by atoms with Gasteiger partial charge in [0.1, 0.15) is 0 Å². The van der Waals surface area contributed by atoms with Gasteiger partial charge in [-0.3, -0.25) is 14.5 Å². The summed E-state index contributed by atoms with van der Waals surface area (Å²) in [5, 5.41) is -0.289. The quantitative estimate of drug-likeness (QED) is 0.432. The number of esters is 1. The molecule has 0 atom stereocenters. The van der Waals surface area contributed by atoms with Crippen molar-refractivity contribution in [3.8, 4) is 5.69 Å². The lowest BCUT2D eigenvalue weighted by atomic mass is 10.2. The van der Waals surface area contributed by atoms with Crippen LogP contribution in [-0.4, -0.2) is 40.2 Å². The van der Waals surface area contributed by atoms with Crippen molar-refractivity contribution < 1.29 is 19.1 Å². The minimum Gasteiger partial charge on any atom is -0.465 e. The van der Waals surface area contributed by atoms with E-state index in [-0.39, 0.29) is 23.7 Å². The molecule has 1 aliphatic rings. The van der Waals surface area contributed by atoms with Gasteiger partial charge in [-0.15, -0.1) is 6.58 Å². The fraction of sp³-hybridized carbons (Fsp3) is 0.190. The Morgan fingerprint density at radius 3 is 2.50 bits per heavy atom. The van der Waals surface area contributed by atoms with E-state index in [9.17, 15) is 14.4 Å². The molecular formula is C21H20N2O4S. The molecule has 0 spiro atoms. The summed E-state index contributed by atoms with van der Waals surface area (Å²) in [5.74, 6) is -0.689. The zero-order valence-electron chi connectivity index (χ0n) is 15.9. The molecule has 0 saturated carbocycles. The molecule has 1 fully saturated rings. The molecule has 144 valence electrons. The average molecular weight is 396 g/mol. The molecule has 0 N–H and O–H groups in total. The van der Waals surface area contributed by atoms with Crippen molar-refractivity contribution in [3.63, 3.8) is 0 Å². The largest absolute Gasteiger partial charge is 0.465 e. The van der Waals surface area contributed by atoms with Crippen LogP contribution in [0.2, 0.25) is 0 Å². The molecule has 3 rings (SSSR count). The average Bonchev–Trinajstić information content (AvgIpc) is 3.11. The number of nitrogens with zero attached hydrogens (tertiary/aromatic N) is 2. The van der Waals surface area contributed by atoms with Crippen LogP contribution in [0.5, 0.6) is 0 Å². The molecule has 6 nitrogen and oxygen atoms in total. The lowest BCUT2D eigenvalue weighted by Gasteiger charge is -2.10. The molecule has 28 heavy (non-hydrogen) atoms. The van der Waals surface area contributed by atoms with Gasteiger partial charge < -0.3 is 9.30 Å². The minimum atomic E-state index is -0.386. The smallest absolute Gasteiger partial charge is 0.337 e. The number of hydrogen-bond acceptors (Lipinski definition) is 5. The van der Waals surface area contributed by atoms with Crippen molar-refractivity contribution in [2.45, 2.75) is 13.8 Å². The maximum Gasteiger partial charge on any atom is 0.337 e. The van der Waals surface area contributed by atoms with Crippen molar-refractivity contribution >= 4 is 35.0 Å². The number of carbonyl (C=O) groups is 3. The highest BCUT2D eigenvalue weighted by atomic mass is 32.2. The number of amides is 2. The highest BCUT2D eigenvalue weighted by Gasteiger charge is 2.34. The van der Waals surface area contributed by atoms with Crippen molar-refractivity contribution in [2.24, 2.45) is 0 Å². The highest BCUT2D eigenvalue weighted by Crippen LogP contribution is 2.33. The number of hydrogen-bond donors (Lipinski definition) is 0. The predicted molar refractivity (Wildman–Crippen MR) is 109 cm³/mol. The second-order valence-corrected chi connectivity index (χ2v) is 7.27. The Bertz CT molecular complexity index is 1000. The van der Waals surface area contributed by atoms with Crippen LogP contribution >= 0.6 is 11.8 Å². The maximum absolute atomic E-state index is 12.4. The molecule has 0 aliphatic carbocycles. The fourth-order valence-electron chi connectivity index (χ4n) is 3.12. The first-order chi connectivity index (χ1) is 13.4. The molecule has 0 radical (unpaired) electrons. The second kappa shape index (κ2) is 7.90. The van der Waals surface area contributed by atoms with Gasteiger partial charge in [0.2, 0.25) is 0 Å². The third-order valence-electron chi connectivity index (χ3n) is 4.49. The summed E-state index contributed by atoms with van der Waals surface area (Å²) in [6.07, 6.45) is 3.28. The summed E-state index contributed by atoms with van der Waals surface area (Å²) in [6.45, 7) is 7.69. The first kappa shape index (κ1) is 19.7. The number of rotatable bonds is 5. The molecular weight excluding hydrogens is 376 g/mol. The Hall–Kier alpha value is -3.06. The Morgan fingerprint density at radius 1 is 1.21 bits per heavy atom. The van der Waals surface area contributed by atoms with E-state index in [1.54, 1.807) is 18.2 Å². The van der Waals surface area contributed by atoms with Crippen molar-refractivity contribution in [3.05, 3.63) is 70.4 Å². The lowest BCUT2D eigenvalue weighted by Crippen LogP contribution is -2.27. The lowest BCUT2D eigenvalue weighted by molar-refractivity contribution is -0.122. The molecule has 1 aromatic carbocycles. The van der Waals surface area contributed by atoms with Crippen LogP contribution in [0.15, 0.2) is 47.9 Å². The Kier molecular flexibility index (Phi) is 5.56. The van der Waals surface area contributed by atoms with E-state index in [0.29, 0.717) is 10.5 Å². The Balaban J connectivity index is 1.95. The third kappa shape index (κ3) is 3.53. The number of aromatic nitrogens is 1. The van der Waals surface area contributed by atoms with Gasteiger partial charge in [0.05, 0.1) is 17.6 Å². The van der Waals surface area contributed by atoms with Gasteiger partial charge in [0.15, 0.2) is 0 Å². The number of thioether (sulfide) groups is 1. The van der Waals surface area contributed by atoms with Gasteiger partial charge in [0.25, 0.3) is 11.1 Å². The van der Waals surface area contributed by atoms with Crippen molar-refractivity contribution in [2.75, 3.05) is 13.7 Å². The molecule has 2 aromatic rings. The van der Waals surface area contributed by atoms with E-state index in [4.69, 9.17) is 4.74 Å². The summed E-state index contributed by atoms with van der Waals surface area (Å²) in [6, 6.07) is 9.06. The van der Waals surface area contributed by atoms with Gasteiger partial charge in [0, 0.05) is 23.6 Å². The molecule has 1 aliphatic heterocycles. The first-order valence-corrected chi connectivity index (χ1v) is 9.43. The summed E-state index contributed by atoms with van der Waals surface area (Å²) >= 11 is 0.934. The predicted octanol–water partition coefficient (Wildman–Crippen LogP) is 4.10. The van der Waals surface area contributed by atoms with Crippen LogP contribution < -0.4 is 0 Å². The zero-order chi connectivity index (χ0) is 20.4. The van der Waals surface area contributed by atoms with E-state index >= 15 is 0 Å². The number of carbonyl (C=O) groups excluding carboxylic acids is 3. The molecule has 1 aromatic heterocycles. The van der Waals surface area contributed by atoms with Gasteiger partial charge in [-0.25, -0.2) is 4.79 Å². The van der Waals surface area contributed by atoms with E-state index in [2.05, 4.69) is 6.58 Å². The zero-order valence-corrected chi connectivity index (χ0v) is 16.7. The molecule has 0 unspecified atom stereocenters. The SMILES string of the molecule is C=CCN1C(=O)S/C(=C/c2cc(C)n(-c3ccc(C(=O)OC)cc3)c2C)C1=O. The minimum absolute atomic E-state index is 0.202. The highest BCUT2D eigenvalue weighted by molar-refractivity contribution is 8.18. The Morgan fingerprint density at radius 2 is 1.89 bits per heavy atom. The van der Waals surface area contributed by atoms with Crippen LogP contribution in [0, 0.1) is 13.8 Å². The molecule has 7 heteroatoms. The summed E-state index contributed by atoms with van der Waals surface area (Å²) in [5.41, 5.74) is 4.13. The van der Waals surface area contributed by atoms with E-state index in [1.165, 1.54) is 18.1 Å². The number of ether oxygens (including phenoxy) is 1. The number of aryl methyl sites for hydroxylation is 1. The second-order valence-electron chi connectivity index (χ2n) is 6.28. The maximum atomic E-state index is 12.4. The van der Waals surface area contributed by atoms with Gasteiger partial charge in [-0.2, -0.15) is 0 Å². The van der Waals surface area contributed by atoms with E-state index in [1.807, 2.05) is 36.6 Å². The standard InChI is InChI=1S/C21H20N2O4S/c1-5-10-22-19(24)18(28-21(22)26)12-16-11-13(2)23(14(16)3)17-8-6-15(7-9-17)20(25)27-4/h5-9,11-12H,1,10H2,2-4H3/b18-12+. The number of imide groups is 1. The normalized spacial score (nSPS) is 15.4. The summed E-state index contributed by atoms with van der Waals surface area (Å²) < 4.78 is 6.76. The van der Waals surface area contributed by atoms with Crippen molar-refractivity contribution in [1.29, 1.82) is 0 Å². The molecule has 2 amide bonds. The topological polar surface area (TPSA) is 68.6 Å². The van der Waals surface area contributed by atoms with Gasteiger partial charge >= 0.3 is 5.97 Å². The van der Waals surface area contributed by atoms with Crippen LogP contribution in [0.3, 0.4) is 0 Å². The van der Waals surface area contributed by atoms with E-state index < -0.39 is 0 Å². The van der Waals surface area contributed by atoms with E-state index in [0.717, 1.165) is 34.4 Å². The summed E-state index contributed by atoms with van der Waals surface area (Å²) in [7, 11) is 1.35. The first-order valence-electron chi connectivity index (χ1n) is 8.61. The summed E-state index contributed by atoms with van der Waals surface area (Å²) in [4.78, 5) is 37.6. The van der Waals surface area contributed by atoms with Crippen LogP contribution in [0.1, 0.15) is 27.3 Å². The molecule has 2 heterocycles. The van der Waals surface area contributed by atoms with Crippen LogP contribution in [-0.2, 0) is 9.53 Å². The monoisotopic (exact) mass is 396 g/mol. The Labute approximate surface area is 167 Å². The molecule has 0 bridgehead atoms. The van der Waals surface area contributed by atoms with Gasteiger partial charge in [-0.05, 0) is 67.6 Å². The van der Waals surface area contributed by atoms with Crippen molar-refractivity contribution in [1.82, 2.24) is 9.47 Å². The van der Waals surface area contributed by atoms with Crippen LogP contribution in [0.4, 0.5) is 4.79 Å². The number of benzene rings is 1. The van der Waals surface area contributed by atoms with Gasteiger partial charge in [-0.1, -0.05) is 6.08 Å². The third-order valence-corrected chi connectivity index (χ3v) is 5.40. The van der Waals surface area contributed by atoms with Crippen LogP contribution in [0.25, 0.3) is 11.8 Å². The number of methoxy groups -OCH3 is 1. The molecule has 1 saturated heterocycles. The fourth-order valence-corrected chi connectivity index (χ4v) is 3.96.